The average molecular weight is 408 g/mol. The molecule has 154 valence electrons. The number of aromatic nitrogens is 2. The molecule has 0 saturated carbocycles. The zero-order chi connectivity index (χ0) is 20.6. The van der Waals surface area contributed by atoms with Crippen molar-refractivity contribution in [3.8, 4) is 0 Å². The number of aliphatic hydroxyl groups excluding tert-OH is 1. The van der Waals surface area contributed by atoms with Gasteiger partial charge in [0.1, 0.15) is 12.2 Å². The maximum absolute atomic E-state index is 14.5. The van der Waals surface area contributed by atoms with E-state index < -0.39 is 48.7 Å². The highest BCUT2D eigenvalue weighted by atomic mass is 31.2. The molecule has 2 rings (SSSR count). The second kappa shape index (κ2) is 7.69. The molecule has 6 unspecified atom stereocenters. The molecule has 0 amide bonds. The van der Waals surface area contributed by atoms with Crippen LogP contribution in [0.4, 0.5) is 4.39 Å². The van der Waals surface area contributed by atoms with Crippen LogP contribution in [0.15, 0.2) is 17.2 Å². The van der Waals surface area contributed by atoms with Crippen molar-refractivity contribution < 1.29 is 33.3 Å². The van der Waals surface area contributed by atoms with Crippen LogP contribution in [0.5, 0.6) is 0 Å². The van der Waals surface area contributed by atoms with Gasteiger partial charge in [-0.2, -0.15) is 0 Å². The molecule has 27 heavy (non-hydrogen) atoms. The Kier molecular flexibility index (Phi) is 6.31. The fourth-order valence-electron chi connectivity index (χ4n) is 2.75. The Morgan fingerprint density at radius 3 is 2.56 bits per heavy atom. The van der Waals surface area contributed by atoms with Crippen molar-refractivity contribution in [1.82, 2.24) is 9.97 Å². The summed E-state index contributed by atoms with van der Waals surface area (Å²) in [7, 11) is -4.41. The highest BCUT2D eigenvalue weighted by Gasteiger charge is 2.50. The molecule has 6 atom stereocenters. The minimum absolute atomic E-state index is 0.0843. The van der Waals surface area contributed by atoms with Gasteiger partial charge in [-0.25, -0.2) is 14.2 Å². The third kappa shape index (κ3) is 4.82. The first kappa shape index (κ1) is 22.1. The summed E-state index contributed by atoms with van der Waals surface area (Å²) in [4.78, 5) is 26.9. The van der Waals surface area contributed by atoms with E-state index in [0.29, 0.717) is 0 Å². The summed E-state index contributed by atoms with van der Waals surface area (Å²) in [5.74, 6) is 0. The largest absolute Gasteiger partial charge is 0.387 e. The van der Waals surface area contributed by atoms with Gasteiger partial charge < -0.3 is 29.4 Å². The Balaban J connectivity index is 2.18. The normalized spacial score (nSPS) is 30.7. The van der Waals surface area contributed by atoms with Crippen LogP contribution in [-0.2, 0) is 13.8 Å². The zero-order valence-electron chi connectivity index (χ0n) is 15.6. The predicted molar refractivity (Wildman–Crippen MR) is 93.9 cm³/mol. The maximum Gasteiger partial charge on any atom is 0.359 e. The number of aliphatic hydroxyl groups is 2. The van der Waals surface area contributed by atoms with E-state index in [9.17, 15) is 28.9 Å². The first-order valence-electron chi connectivity index (χ1n) is 8.58. The first-order chi connectivity index (χ1) is 12.3. The van der Waals surface area contributed by atoms with Gasteiger partial charge in [-0.3, -0.25) is 4.57 Å². The molecule has 0 aromatic carbocycles. The van der Waals surface area contributed by atoms with E-state index in [2.05, 4.69) is 9.97 Å². The number of rotatable bonds is 7. The van der Waals surface area contributed by atoms with Crippen LogP contribution in [0.1, 0.15) is 52.2 Å². The number of aromatic amines is 1. The molecule has 4 N–H and O–H groups in total. The van der Waals surface area contributed by atoms with Gasteiger partial charge in [0.05, 0.1) is 11.7 Å². The quantitative estimate of drug-likeness (QED) is 0.496. The Morgan fingerprint density at radius 1 is 1.44 bits per heavy atom. The van der Waals surface area contributed by atoms with E-state index in [1.807, 2.05) is 0 Å². The van der Waals surface area contributed by atoms with Gasteiger partial charge in [0, 0.05) is 24.4 Å². The second-order valence-corrected chi connectivity index (χ2v) is 9.81. The molecule has 1 aliphatic rings. The standard InChI is InChI=1S/C16H26FN2O7P/c1-5-16(4,26-27(23,24)15(2,3)22)6-10-12(20)11(17)13(25-10)9-7-18-14(21)19-8-9/h7-8,10-13,20,22H,5-6H2,1-4H3,(H,23,24)(H,18,19,21). The van der Waals surface area contributed by atoms with E-state index in [0.717, 1.165) is 20.0 Å². The number of nitrogens with one attached hydrogen (secondary N) is 1. The van der Waals surface area contributed by atoms with Crippen LogP contribution in [0.25, 0.3) is 0 Å². The lowest BCUT2D eigenvalue weighted by Gasteiger charge is -2.36. The topological polar surface area (TPSA) is 142 Å². The Bertz CT molecular complexity index is 747. The summed E-state index contributed by atoms with van der Waals surface area (Å²) in [5, 5.41) is 18.1. The van der Waals surface area contributed by atoms with Gasteiger partial charge in [-0.05, 0) is 27.2 Å². The molecule has 9 nitrogen and oxygen atoms in total. The van der Waals surface area contributed by atoms with Crippen molar-refractivity contribution in [3.05, 3.63) is 28.4 Å². The summed E-state index contributed by atoms with van der Waals surface area (Å²) in [6.45, 7) is 5.53. The highest BCUT2D eigenvalue weighted by molar-refractivity contribution is 7.54. The van der Waals surface area contributed by atoms with Crippen molar-refractivity contribution in [2.24, 2.45) is 0 Å². The SMILES string of the molecule is CCC(C)(CC1OC(c2cnc(=O)[nH]c2)C(F)C1O)OP(=O)(O)C(C)(C)O. The lowest BCUT2D eigenvalue weighted by atomic mass is 9.92. The van der Waals surface area contributed by atoms with Crippen LogP contribution in [0.2, 0.25) is 0 Å². The van der Waals surface area contributed by atoms with Gasteiger partial charge in [-0.1, -0.05) is 6.92 Å². The summed E-state index contributed by atoms with van der Waals surface area (Å²) >= 11 is 0. The van der Waals surface area contributed by atoms with E-state index >= 15 is 0 Å². The molecule has 0 bridgehead atoms. The average Bonchev–Trinajstić information content (AvgIpc) is 2.82. The van der Waals surface area contributed by atoms with Gasteiger partial charge in [0.25, 0.3) is 0 Å². The number of nitrogens with zero attached hydrogens (tertiary/aromatic N) is 1. The number of hydrogen-bond donors (Lipinski definition) is 4. The van der Waals surface area contributed by atoms with Crippen LogP contribution in [0.3, 0.4) is 0 Å². The molecule has 1 fully saturated rings. The van der Waals surface area contributed by atoms with Crippen LogP contribution in [0, 0.1) is 0 Å². The Hall–Kier alpha value is -1.16. The number of halogens is 1. The molecule has 11 heteroatoms. The van der Waals surface area contributed by atoms with E-state index in [1.165, 1.54) is 13.1 Å². The number of hydrogen-bond acceptors (Lipinski definition) is 7. The molecular formula is C16H26FN2O7P. The monoisotopic (exact) mass is 408 g/mol. The molecule has 0 radical (unpaired) electrons. The zero-order valence-corrected chi connectivity index (χ0v) is 16.5. The smallest absolute Gasteiger partial charge is 0.359 e. The third-order valence-electron chi connectivity index (χ3n) is 4.76. The van der Waals surface area contributed by atoms with Crippen molar-refractivity contribution in [3.63, 3.8) is 0 Å². The Labute approximate surface area is 156 Å². The number of H-pyrrole nitrogens is 1. The van der Waals surface area contributed by atoms with Gasteiger partial charge >= 0.3 is 13.3 Å². The number of ether oxygens (including phenoxy) is 1. The van der Waals surface area contributed by atoms with E-state index in [4.69, 9.17) is 9.26 Å². The lowest BCUT2D eigenvalue weighted by Crippen LogP contribution is -2.39. The molecule has 2 heterocycles. The van der Waals surface area contributed by atoms with E-state index in [-0.39, 0.29) is 18.4 Å². The highest BCUT2D eigenvalue weighted by Crippen LogP contribution is 2.57. The fourth-order valence-corrected chi connectivity index (χ4v) is 3.77. The van der Waals surface area contributed by atoms with Crippen LogP contribution >= 0.6 is 7.60 Å². The van der Waals surface area contributed by atoms with Crippen LogP contribution in [-0.4, -0.2) is 54.4 Å². The first-order valence-corrected chi connectivity index (χ1v) is 10.2. The third-order valence-corrected chi connectivity index (χ3v) is 6.83. The maximum atomic E-state index is 14.5. The minimum atomic E-state index is -4.41. The summed E-state index contributed by atoms with van der Waals surface area (Å²) in [5.41, 5.74) is -1.60. The molecule has 0 spiro atoms. The van der Waals surface area contributed by atoms with E-state index in [1.54, 1.807) is 6.92 Å². The minimum Gasteiger partial charge on any atom is -0.387 e. The Morgan fingerprint density at radius 2 is 2.07 bits per heavy atom. The van der Waals surface area contributed by atoms with Gasteiger partial charge in [0.15, 0.2) is 11.5 Å². The molecule has 1 aromatic rings. The van der Waals surface area contributed by atoms with Gasteiger partial charge in [0.2, 0.25) is 0 Å². The molecule has 1 aliphatic heterocycles. The van der Waals surface area contributed by atoms with Crippen molar-refractivity contribution in [2.75, 3.05) is 0 Å². The molecule has 1 saturated heterocycles. The van der Waals surface area contributed by atoms with Gasteiger partial charge in [-0.15, -0.1) is 0 Å². The molecule has 0 aliphatic carbocycles. The van der Waals surface area contributed by atoms with Crippen molar-refractivity contribution in [1.29, 1.82) is 0 Å². The van der Waals surface area contributed by atoms with Crippen molar-refractivity contribution in [2.45, 2.75) is 76.0 Å². The predicted octanol–water partition coefficient (Wildman–Crippen LogP) is 1.40. The number of alkyl halides is 1. The molecular weight excluding hydrogens is 382 g/mol. The second-order valence-electron chi connectivity index (χ2n) is 7.50. The molecule has 1 aromatic heterocycles. The summed E-state index contributed by atoms with van der Waals surface area (Å²) < 4.78 is 37.8. The van der Waals surface area contributed by atoms with Crippen molar-refractivity contribution >= 4 is 7.60 Å². The van der Waals surface area contributed by atoms with Crippen LogP contribution < -0.4 is 5.69 Å². The lowest BCUT2D eigenvalue weighted by molar-refractivity contribution is -0.0522. The summed E-state index contributed by atoms with van der Waals surface area (Å²) in [6.07, 6.45) is -2.87. The fraction of sp³-hybridized carbons (Fsp3) is 0.750. The summed E-state index contributed by atoms with van der Waals surface area (Å²) in [6, 6.07) is 0.